The van der Waals surface area contributed by atoms with Gasteiger partial charge in [0.05, 0.1) is 5.92 Å². The highest BCUT2D eigenvalue weighted by Crippen LogP contribution is 2.17. The van der Waals surface area contributed by atoms with Crippen molar-refractivity contribution in [2.75, 3.05) is 0 Å². The van der Waals surface area contributed by atoms with Gasteiger partial charge in [0, 0.05) is 12.8 Å². The van der Waals surface area contributed by atoms with Crippen LogP contribution in [0.3, 0.4) is 0 Å². The minimum Gasteiger partial charge on any atom is -0.369 e. The van der Waals surface area contributed by atoms with E-state index < -0.39 is 23.4 Å². The standard InChI is InChI=1S/C6H7NO3/c7-6(10)3-1-4(8)5(9)2-3/h3H,1-2H2,(H2,7,10). The Bertz CT molecular complexity index is 193. The summed E-state index contributed by atoms with van der Waals surface area (Å²) in [7, 11) is 0. The molecule has 0 aromatic carbocycles. The number of carbonyl (C=O) groups excluding carboxylic acids is 3. The van der Waals surface area contributed by atoms with Crippen molar-refractivity contribution in [2.45, 2.75) is 12.8 Å². The molecular weight excluding hydrogens is 134 g/mol. The Labute approximate surface area is 57.4 Å². The number of carbonyl (C=O) groups is 3. The molecular formula is C6H7NO3. The lowest BCUT2D eigenvalue weighted by molar-refractivity contribution is -0.134. The van der Waals surface area contributed by atoms with Gasteiger partial charge in [-0.15, -0.1) is 0 Å². The predicted molar refractivity (Wildman–Crippen MR) is 31.9 cm³/mol. The van der Waals surface area contributed by atoms with E-state index in [-0.39, 0.29) is 12.8 Å². The number of nitrogens with two attached hydrogens (primary N) is 1. The van der Waals surface area contributed by atoms with Crippen molar-refractivity contribution in [1.29, 1.82) is 0 Å². The summed E-state index contributed by atoms with van der Waals surface area (Å²) in [4.78, 5) is 31.5. The van der Waals surface area contributed by atoms with Crippen molar-refractivity contribution in [3.63, 3.8) is 0 Å². The molecule has 0 atom stereocenters. The highest BCUT2D eigenvalue weighted by Gasteiger charge is 2.33. The fourth-order valence-electron chi connectivity index (χ4n) is 0.949. The molecule has 54 valence electrons. The first-order valence-corrected chi connectivity index (χ1v) is 2.96. The van der Waals surface area contributed by atoms with Crippen LogP contribution in [0.4, 0.5) is 0 Å². The second kappa shape index (κ2) is 2.21. The van der Waals surface area contributed by atoms with Gasteiger partial charge in [0.1, 0.15) is 0 Å². The van der Waals surface area contributed by atoms with Gasteiger partial charge < -0.3 is 5.73 Å². The molecule has 0 saturated heterocycles. The van der Waals surface area contributed by atoms with Crippen LogP contribution in [0.15, 0.2) is 0 Å². The highest BCUT2D eigenvalue weighted by molar-refractivity contribution is 6.40. The molecule has 10 heavy (non-hydrogen) atoms. The van der Waals surface area contributed by atoms with Gasteiger partial charge >= 0.3 is 0 Å². The molecule has 0 heterocycles. The number of hydrogen-bond donors (Lipinski definition) is 1. The molecule has 0 aromatic heterocycles. The van der Waals surface area contributed by atoms with Crippen molar-refractivity contribution in [3.8, 4) is 0 Å². The topological polar surface area (TPSA) is 77.2 Å². The van der Waals surface area contributed by atoms with Gasteiger partial charge in [0.25, 0.3) is 0 Å². The smallest absolute Gasteiger partial charge is 0.221 e. The summed E-state index contributed by atoms with van der Waals surface area (Å²) in [5.41, 5.74) is 4.88. The van der Waals surface area contributed by atoms with Gasteiger partial charge in [0.2, 0.25) is 5.91 Å². The average molecular weight is 141 g/mol. The molecule has 0 aliphatic heterocycles. The van der Waals surface area contributed by atoms with E-state index in [1.54, 1.807) is 0 Å². The molecule has 0 radical (unpaired) electrons. The molecule has 4 nitrogen and oxygen atoms in total. The Hall–Kier alpha value is -1.19. The van der Waals surface area contributed by atoms with Gasteiger partial charge in [-0.25, -0.2) is 0 Å². The predicted octanol–water partition coefficient (Wildman–Crippen LogP) is -0.980. The van der Waals surface area contributed by atoms with Crippen LogP contribution in [0.1, 0.15) is 12.8 Å². The number of primary amides is 1. The van der Waals surface area contributed by atoms with Crippen LogP contribution < -0.4 is 5.73 Å². The van der Waals surface area contributed by atoms with Crippen LogP contribution in [0.5, 0.6) is 0 Å². The van der Waals surface area contributed by atoms with Gasteiger partial charge in [-0.1, -0.05) is 0 Å². The lowest BCUT2D eigenvalue weighted by atomic mass is 10.1. The number of Topliss-reactive ketones (excluding diaryl/α,β-unsaturated/α-hetero) is 2. The van der Waals surface area contributed by atoms with Gasteiger partial charge in [-0.2, -0.15) is 0 Å². The first-order chi connectivity index (χ1) is 4.61. The molecule has 1 aliphatic rings. The van der Waals surface area contributed by atoms with E-state index in [2.05, 4.69) is 0 Å². The number of amides is 1. The molecule has 2 N–H and O–H groups in total. The van der Waals surface area contributed by atoms with E-state index >= 15 is 0 Å². The lowest BCUT2D eigenvalue weighted by Crippen LogP contribution is -2.20. The normalized spacial score (nSPS) is 20.0. The van der Waals surface area contributed by atoms with Crippen molar-refractivity contribution in [2.24, 2.45) is 11.7 Å². The number of ketones is 2. The largest absolute Gasteiger partial charge is 0.369 e. The van der Waals surface area contributed by atoms with Crippen LogP contribution in [0.2, 0.25) is 0 Å². The van der Waals surface area contributed by atoms with Crippen molar-refractivity contribution in [1.82, 2.24) is 0 Å². The molecule has 1 fully saturated rings. The van der Waals surface area contributed by atoms with Crippen LogP contribution in [-0.2, 0) is 14.4 Å². The fraction of sp³-hybridized carbons (Fsp3) is 0.500. The van der Waals surface area contributed by atoms with E-state index in [9.17, 15) is 14.4 Å². The van der Waals surface area contributed by atoms with Gasteiger partial charge in [-0.05, 0) is 0 Å². The molecule has 0 unspecified atom stereocenters. The lowest BCUT2D eigenvalue weighted by Gasteiger charge is -1.96. The molecule has 1 saturated carbocycles. The minimum absolute atomic E-state index is 0.00810. The Morgan fingerprint density at radius 2 is 1.70 bits per heavy atom. The zero-order valence-corrected chi connectivity index (χ0v) is 5.29. The maximum Gasteiger partial charge on any atom is 0.221 e. The Balaban J connectivity index is 2.66. The van der Waals surface area contributed by atoms with Gasteiger partial charge in [0.15, 0.2) is 11.6 Å². The number of hydrogen-bond acceptors (Lipinski definition) is 3. The summed E-state index contributed by atoms with van der Waals surface area (Å²) >= 11 is 0. The van der Waals surface area contributed by atoms with Crippen LogP contribution >= 0.6 is 0 Å². The first kappa shape index (κ1) is 6.92. The molecule has 0 aromatic rings. The summed E-state index contributed by atoms with van der Waals surface area (Å²) in [6.07, 6.45) is 0.0162. The Kier molecular flexibility index (Phi) is 1.53. The molecule has 1 rings (SSSR count). The third-order valence-corrected chi connectivity index (χ3v) is 1.58. The quantitative estimate of drug-likeness (QED) is 0.477. The maximum absolute atomic E-state index is 10.5. The SMILES string of the molecule is NC(=O)C1CC(=O)C(=O)C1. The molecule has 0 bridgehead atoms. The minimum atomic E-state index is -0.556. The second-order valence-electron chi connectivity index (χ2n) is 2.35. The molecule has 1 amide bonds. The van der Waals surface area contributed by atoms with Crippen molar-refractivity contribution < 1.29 is 14.4 Å². The third kappa shape index (κ3) is 1.05. The van der Waals surface area contributed by atoms with Crippen LogP contribution in [0.25, 0.3) is 0 Å². The van der Waals surface area contributed by atoms with Crippen molar-refractivity contribution in [3.05, 3.63) is 0 Å². The zero-order chi connectivity index (χ0) is 7.72. The molecule has 0 spiro atoms. The Morgan fingerprint density at radius 1 is 1.30 bits per heavy atom. The summed E-state index contributed by atoms with van der Waals surface area (Å²) in [6, 6.07) is 0. The number of rotatable bonds is 1. The average Bonchev–Trinajstić information content (AvgIpc) is 2.13. The van der Waals surface area contributed by atoms with Crippen LogP contribution in [0, 0.1) is 5.92 Å². The van der Waals surface area contributed by atoms with E-state index in [1.807, 2.05) is 0 Å². The fourth-order valence-corrected chi connectivity index (χ4v) is 0.949. The second-order valence-corrected chi connectivity index (χ2v) is 2.35. The van der Waals surface area contributed by atoms with E-state index in [0.29, 0.717) is 0 Å². The van der Waals surface area contributed by atoms with E-state index in [0.717, 1.165) is 0 Å². The monoisotopic (exact) mass is 141 g/mol. The summed E-state index contributed by atoms with van der Waals surface area (Å²) in [6.45, 7) is 0. The van der Waals surface area contributed by atoms with E-state index in [1.165, 1.54) is 0 Å². The molecule has 1 aliphatic carbocycles. The third-order valence-electron chi connectivity index (χ3n) is 1.58. The van der Waals surface area contributed by atoms with E-state index in [4.69, 9.17) is 5.73 Å². The maximum atomic E-state index is 10.5. The first-order valence-electron chi connectivity index (χ1n) is 2.96. The highest BCUT2D eigenvalue weighted by atomic mass is 16.2. The summed E-state index contributed by atoms with van der Waals surface area (Å²) in [5.74, 6) is -2.04. The summed E-state index contributed by atoms with van der Waals surface area (Å²) in [5, 5.41) is 0. The Morgan fingerprint density at radius 3 is 1.90 bits per heavy atom. The molecule has 4 heteroatoms. The van der Waals surface area contributed by atoms with Crippen LogP contribution in [-0.4, -0.2) is 17.5 Å². The zero-order valence-electron chi connectivity index (χ0n) is 5.29. The van der Waals surface area contributed by atoms with Crippen molar-refractivity contribution >= 4 is 17.5 Å². The summed E-state index contributed by atoms with van der Waals surface area (Å²) < 4.78 is 0. The van der Waals surface area contributed by atoms with Gasteiger partial charge in [-0.3, -0.25) is 14.4 Å².